The summed E-state index contributed by atoms with van der Waals surface area (Å²) in [5.41, 5.74) is 0.767. The molecule has 0 atom stereocenters. The Morgan fingerprint density at radius 1 is 1.29 bits per heavy atom. The zero-order chi connectivity index (χ0) is 12.4. The van der Waals surface area contributed by atoms with Gasteiger partial charge >= 0.3 is 0 Å². The molecule has 0 aliphatic rings. The van der Waals surface area contributed by atoms with Gasteiger partial charge in [0.05, 0.1) is 0 Å². The number of hydrogen-bond donors (Lipinski definition) is 0. The Labute approximate surface area is 99.1 Å². The fourth-order valence-electron chi connectivity index (χ4n) is 1.49. The molecular weight excluding hydrogens is 221 g/mol. The van der Waals surface area contributed by atoms with E-state index in [0.29, 0.717) is 12.4 Å². The molecule has 1 heterocycles. The lowest BCUT2D eigenvalue weighted by atomic mass is 10.2. The molecule has 17 heavy (non-hydrogen) atoms. The summed E-state index contributed by atoms with van der Waals surface area (Å²) in [5, 5.41) is 7.93. The van der Waals surface area contributed by atoms with Gasteiger partial charge in [0.15, 0.2) is 5.82 Å². The van der Waals surface area contributed by atoms with Crippen LogP contribution in [0.4, 0.5) is 4.39 Å². The molecule has 0 N–H and O–H groups in total. The molecule has 0 fully saturated rings. The summed E-state index contributed by atoms with van der Waals surface area (Å²) in [6, 6.07) is 4.44. The molecule has 2 rings (SSSR count). The van der Waals surface area contributed by atoms with Crippen molar-refractivity contribution >= 4 is 0 Å². The fourth-order valence-corrected chi connectivity index (χ4v) is 1.49. The number of halogens is 1. The highest BCUT2D eigenvalue weighted by atomic mass is 19.1. The van der Waals surface area contributed by atoms with Crippen LogP contribution in [-0.2, 0) is 13.7 Å². The summed E-state index contributed by atoms with van der Waals surface area (Å²) in [5.74, 6) is 1.97. The van der Waals surface area contributed by atoms with E-state index >= 15 is 0 Å². The predicted molar refractivity (Wildman–Crippen MR) is 61.2 cm³/mol. The first kappa shape index (κ1) is 11.6. The third-order valence-corrected chi connectivity index (χ3v) is 2.68. The average Bonchev–Trinajstić information content (AvgIpc) is 2.59. The van der Waals surface area contributed by atoms with E-state index in [2.05, 4.69) is 10.2 Å². The van der Waals surface area contributed by atoms with E-state index < -0.39 is 0 Å². The van der Waals surface area contributed by atoms with Gasteiger partial charge in [-0.3, -0.25) is 0 Å². The van der Waals surface area contributed by atoms with Crippen LogP contribution in [0, 0.1) is 19.7 Å². The van der Waals surface area contributed by atoms with Gasteiger partial charge < -0.3 is 9.30 Å². The molecule has 0 spiro atoms. The van der Waals surface area contributed by atoms with Crippen molar-refractivity contribution in [3.05, 3.63) is 41.2 Å². The van der Waals surface area contributed by atoms with Crippen molar-refractivity contribution in [2.45, 2.75) is 20.5 Å². The first-order chi connectivity index (χ1) is 8.08. The van der Waals surface area contributed by atoms with Gasteiger partial charge in [-0.15, -0.1) is 10.2 Å². The zero-order valence-corrected chi connectivity index (χ0v) is 10.1. The number of aryl methyl sites for hydroxylation is 2. The monoisotopic (exact) mass is 235 g/mol. The van der Waals surface area contributed by atoms with Gasteiger partial charge in [-0.05, 0) is 37.6 Å². The van der Waals surface area contributed by atoms with Crippen molar-refractivity contribution < 1.29 is 9.13 Å². The highest BCUT2D eigenvalue weighted by Gasteiger charge is 2.07. The topological polar surface area (TPSA) is 39.9 Å². The second-order valence-corrected chi connectivity index (χ2v) is 3.92. The standard InChI is InChI=1S/C12H14FN3O/c1-8-6-10(13)4-5-11(8)17-7-12-15-14-9(2)16(12)3/h4-6H,7H2,1-3H3. The number of rotatable bonds is 3. The van der Waals surface area contributed by atoms with Crippen molar-refractivity contribution in [2.24, 2.45) is 7.05 Å². The van der Waals surface area contributed by atoms with E-state index in [4.69, 9.17) is 4.74 Å². The lowest BCUT2D eigenvalue weighted by Crippen LogP contribution is -2.05. The molecule has 1 aromatic carbocycles. The van der Waals surface area contributed by atoms with Crippen molar-refractivity contribution in [3.63, 3.8) is 0 Å². The predicted octanol–water partition coefficient (Wildman–Crippen LogP) is 2.15. The van der Waals surface area contributed by atoms with Crippen LogP contribution < -0.4 is 4.74 Å². The van der Waals surface area contributed by atoms with E-state index in [1.165, 1.54) is 12.1 Å². The van der Waals surface area contributed by atoms with Crippen molar-refractivity contribution in [3.8, 4) is 5.75 Å². The van der Waals surface area contributed by atoms with Gasteiger partial charge in [0.2, 0.25) is 0 Å². The molecule has 0 bridgehead atoms. The second kappa shape index (κ2) is 4.53. The maximum absolute atomic E-state index is 12.9. The fraction of sp³-hybridized carbons (Fsp3) is 0.333. The second-order valence-electron chi connectivity index (χ2n) is 3.92. The summed E-state index contributed by atoms with van der Waals surface area (Å²) in [7, 11) is 1.88. The maximum atomic E-state index is 12.9. The van der Waals surface area contributed by atoms with E-state index in [9.17, 15) is 4.39 Å². The Bertz CT molecular complexity index is 537. The van der Waals surface area contributed by atoms with Gasteiger partial charge in [0.25, 0.3) is 0 Å². The molecule has 0 aliphatic carbocycles. The molecule has 0 saturated carbocycles. The van der Waals surface area contributed by atoms with Crippen LogP contribution in [0.25, 0.3) is 0 Å². The van der Waals surface area contributed by atoms with Gasteiger partial charge in [0, 0.05) is 7.05 Å². The zero-order valence-electron chi connectivity index (χ0n) is 10.1. The maximum Gasteiger partial charge on any atom is 0.170 e. The smallest absolute Gasteiger partial charge is 0.170 e. The third kappa shape index (κ3) is 2.43. The minimum Gasteiger partial charge on any atom is -0.485 e. The van der Waals surface area contributed by atoms with Crippen molar-refractivity contribution in [1.29, 1.82) is 0 Å². The molecule has 4 nitrogen and oxygen atoms in total. The molecule has 0 amide bonds. The van der Waals surface area contributed by atoms with E-state index in [-0.39, 0.29) is 5.82 Å². The molecule has 0 saturated heterocycles. The van der Waals surface area contributed by atoms with E-state index in [0.717, 1.165) is 17.2 Å². The quantitative estimate of drug-likeness (QED) is 0.818. The van der Waals surface area contributed by atoms with E-state index in [1.54, 1.807) is 13.0 Å². The molecule has 90 valence electrons. The Morgan fingerprint density at radius 3 is 2.65 bits per heavy atom. The highest BCUT2D eigenvalue weighted by molar-refractivity contribution is 5.32. The number of nitrogens with zero attached hydrogens (tertiary/aromatic N) is 3. The SMILES string of the molecule is Cc1cc(F)ccc1OCc1nnc(C)n1C. The van der Waals surface area contributed by atoms with Crippen LogP contribution in [0.3, 0.4) is 0 Å². The number of benzene rings is 1. The molecule has 0 unspecified atom stereocenters. The summed E-state index contributed by atoms with van der Waals surface area (Å²) in [6.45, 7) is 4.00. The minimum absolute atomic E-state index is 0.260. The van der Waals surface area contributed by atoms with Crippen LogP contribution in [0.2, 0.25) is 0 Å². The van der Waals surface area contributed by atoms with Gasteiger partial charge in [-0.1, -0.05) is 0 Å². The highest BCUT2D eigenvalue weighted by Crippen LogP contribution is 2.19. The number of aromatic nitrogens is 3. The Kier molecular flexibility index (Phi) is 3.08. The Hall–Kier alpha value is -1.91. The average molecular weight is 235 g/mol. The van der Waals surface area contributed by atoms with Crippen LogP contribution in [-0.4, -0.2) is 14.8 Å². The van der Waals surface area contributed by atoms with Crippen LogP contribution in [0.1, 0.15) is 17.2 Å². The Morgan fingerprint density at radius 2 is 2.06 bits per heavy atom. The summed E-state index contributed by atoms with van der Waals surface area (Å²) in [4.78, 5) is 0. The number of ether oxygens (including phenoxy) is 1. The van der Waals surface area contributed by atoms with Crippen LogP contribution in [0.5, 0.6) is 5.75 Å². The molecule has 0 aliphatic heterocycles. The summed E-state index contributed by atoms with van der Waals surface area (Å²) >= 11 is 0. The normalized spacial score (nSPS) is 10.6. The number of hydrogen-bond acceptors (Lipinski definition) is 3. The first-order valence-corrected chi connectivity index (χ1v) is 5.32. The lowest BCUT2D eigenvalue weighted by Gasteiger charge is -2.08. The van der Waals surface area contributed by atoms with Crippen LogP contribution >= 0.6 is 0 Å². The van der Waals surface area contributed by atoms with Crippen molar-refractivity contribution in [1.82, 2.24) is 14.8 Å². The minimum atomic E-state index is -0.260. The van der Waals surface area contributed by atoms with E-state index in [1.807, 2.05) is 18.5 Å². The Balaban J connectivity index is 2.10. The molecule has 5 heteroatoms. The van der Waals surface area contributed by atoms with Gasteiger partial charge in [-0.25, -0.2) is 4.39 Å². The molecular formula is C12H14FN3O. The van der Waals surface area contributed by atoms with Crippen LogP contribution in [0.15, 0.2) is 18.2 Å². The summed E-state index contributed by atoms with van der Waals surface area (Å²) in [6.07, 6.45) is 0. The molecule has 0 radical (unpaired) electrons. The third-order valence-electron chi connectivity index (χ3n) is 2.68. The molecule has 2 aromatic rings. The summed E-state index contributed by atoms with van der Waals surface area (Å²) < 4.78 is 20.3. The first-order valence-electron chi connectivity index (χ1n) is 5.32. The largest absolute Gasteiger partial charge is 0.485 e. The lowest BCUT2D eigenvalue weighted by molar-refractivity contribution is 0.288. The van der Waals surface area contributed by atoms with Gasteiger partial charge in [0.1, 0.15) is 24.0 Å². The van der Waals surface area contributed by atoms with Crippen molar-refractivity contribution in [2.75, 3.05) is 0 Å². The van der Waals surface area contributed by atoms with Gasteiger partial charge in [-0.2, -0.15) is 0 Å². The molecule has 1 aromatic heterocycles.